The number of hydrogen-bond donors (Lipinski definition) is 0. The smallest absolute Gasteiger partial charge is 0.267 e. The minimum absolute atomic E-state index is 0.0843. The van der Waals surface area contributed by atoms with Crippen LogP contribution in [0.3, 0.4) is 0 Å². The van der Waals surface area contributed by atoms with Gasteiger partial charge in [-0.2, -0.15) is 15.3 Å². The van der Waals surface area contributed by atoms with Gasteiger partial charge in [0, 0.05) is 12.1 Å². The molecule has 1 saturated heterocycles. The van der Waals surface area contributed by atoms with E-state index in [1.165, 1.54) is 17.1 Å². The lowest BCUT2D eigenvalue weighted by Gasteiger charge is -2.18. The first-order valence-corrected chi connectivity index (χ1v) is 9.49. The van der Waals surface area contributed by atoms with Gasteiger partial charge in [0.2, 0.25) is 0 Å². The number of nitrogens with zero attached hydrogens (tertiary/aromatic N) is 4. The first-order valence-electron chi connectivity index (χ1n) is 9.49. The third kappa shape index (κ3) is 2.51. The summed E-state index contributed by atoms with van der Waals surface area (Å²) >= 11 is 0. The summed E-state index contributed by atoms with van der Waals surface area (Å²) in [6.45, 7) is 0. The number of rotatable bonds is 4. The molecule has 0 radical (unpaired) electrons. The first kappa shape index (κ1) is 18.7. The van der Waals surface area contributed by atoms with E-state index in [0.29, 0.717) is 11.1 Å². The number of imide groups is 1. The third-order valence-corrected chi connectivity index (χ3v) is 5.73. The van der Waals surface area contributed by atoms with Crippen molar-refractivity contribution in [3.63, 3.8) is 0 Å². The highest BCUT2D eigenvalue weighted by Gasteiger charge is 2.71. The number of hydrazine groups is 1. The topological polar surface area (TPSA) is 107 Å². The van der Waals surface area contributed by atoms with E-state index in [2.05, 4.69) is 6.07 Å². The molecule has 0 aliphatic carbocycles. The zero-order valence-electron chi connectivity index (χ0n) is 16.0. The molecule has 2 amide bonds. The second-order valence-corrected chi connectivity index (χ2v) is 7.31. The normalized spacial score (nSPS) is 23.9. The molecule has 5 rings (SSSR count). The fourth-order valence-corrected chi connectivity index (χ4v) is 4.24. The standard InChI is InChI=1S/C23H14N4O4/c24-14-23(16-6-2-1-3-7-16)20(15-10-12-17(13-11-15)27(30)31)26(23)25-21(28)18-8-4-5-9-19(18)22(25)29/h1-13,20H/t20-,23-,26?/m0/s1. The lowest BCUT2D eigenvalue weighted by molar-refractivity contribution is -0.384. The molecule has 1 fully saturated rings. The Labute approximate surface area is 176 Å². The van der Waals surface area contributed by atoms with Gasteiger partial charge in [-0.1, -0.05) is 54.6 Å². The molecule has 0 bridgehead atoms. The summed E-state index contributed by atoms with van der Waals surface area (Å²) in [4.78, 5) is 36.7. The zero-order valence-corrected chi connectivity index (χ0v) is 16.0. The van der Waals surface area contributed by atoms with E-state index < -0.39 is 28.3 Å². The summed E-state index contributed by atoms with van der Waals surface area (Å²) in [6.07, 6.45) is 0. The average molecular weight is 410 g/mol. The van der Waals surface area contributed by atoms with Gasteiger partial charge >= 0.3 is 0 Å². The molecule has 0 aromatic heterocycles. The van der Waals surface area contributed by atoms with Crippen LogP contribution in [0.1, 0.15) is 37.9 Å². The largest absolute Gasteiger partial charge is 0.276 e. The van der Waals surface area contributed by atoms with E-state index in [1.54, 1.807) is 60.7 Å². The maximum absolute atomic E-state index is 13.1. The Morgan fingerprint density at radius 1 is 0.871 bits per heavy atom. The Hall–Kier alpha value is -4.35. The van der Waals surface area contributed by atoms with E-state index in [0.717, 1.165) is 5.01 Å². The van der Waals surface area contributed by atoms with E-state index in [4.69, 9.17) is 0 Å². The van der Waals surface area contributed by atoms with Crippen LogP contribution in [0.4, 0.5) is 5.69 Å². The fraction of sp³-hybridized carbons (Fsp3) is 0.0870. The molecular formula is C23H14N4O4. The predicted octanol–water partition coefficient (Wildman–Crippen LogP) is 3.58. The molecule has 1 unspecified atom stereocenters. The molecule has 0 N–H and O–H groups in total. The Morgan fingerprint density at radius 2 is 1.42 bits per heavy atom. The van der Waals surface area contributed by atoms with Crippen LogP contribution in [0.15, 0.2) is 78.9 Å². The van der Waals surface area contributed by atoms with Crippen LogP contribution in [0, 0.1) is 21.4 Å². The fourth-order valence-electron chi connectivity index (χ4n) is 4.24. The monoisotopic (exact) mass is 410 g/mol. The van der Waals surface area contributed by atoms with Crippen molar-refractivity contribution >= 4 is 17.5 Å². The molecule has 2 heterocycles. The van der Waals surface area contributed by atoms with Crippen molar-refractivity contribution in [1.82, 2.24) is 10.0 Å². The quantitative estimate of drug-likeness (QED) is 0.282. The summed E-state index contributed by atoms with van der Waals surface area (Å²) in [5.41, 5.74) is 0.387. The number of benzene rings is 3. The Balaban J connectivity index is 1.64. The summed E-state index contributed by atoms with van der Waals surface area (Å²) in [7, 11) is 0. The summed E-state index contributed by atoms with van der Waals surface area (Å²) < 4.78 is 0. The van der Waals surface area contributed by atoms with Crippen molar-refractivity contribution in [2.24, 2.45) is 0 Å². The van der Waals surface area contributed by atoms with Crippen LogP contribution in [-0.4, -0.2) is 26.8 Å². The number of nitro benzene ring substituents is 1. The number of hydrogen-bond acceptors (Lipinski definition) is 6. The molecule has 0 spiro atoms. The summed E-state index contributed by atoms with van der Waals surface area (Å²) in [5, 5.41) is 23.8. The highest BCUT2D eigenvalue weighted by atomic mass is 16.6. The maximum atomic E-state index is 13.1. The first-order chi connectivity index (χ1) is 15.0. The molecule has 3 aromatic carbocycles. The maximum Gasteiger partial charge on any atom is 0.276 e. The Kier molecular flexibility index (Phi) is 3.96. The predicted molar refractivity (Wildman–Crippen MR) is 108 cm³/mol. The lowest BCUT2D eigenvalue weighted by atomic mass is 9.93. The van der Waals surface area contributed by atoms with E-state index in [1.807, 2.05) is 6.07 Å². The average Bonchev–Trinajstić information content (AvgIpc) is 3.41. The Bertz CT molecular complexity index is 1250. The van der Waals surface area contributed by atoms with Crippen molar-refractivity contribution in [2.75, 3.05) is 0 Å². The van der Waals surface area contributed by atoms with E-state index in [-0.39, 0.29) is 16.8 Å². The molecule has 2 aliphatic rings. The molecule has 0 saturated carbocycles. The van der Waals surface area contributed by atoms with Gasteiger partial charge in [0.15, 0.2) is 5.54 Å². The van der Waals surface area contributed by atoms with Crippen LogP contribution in [-0.2, 0) is 5.54 Å². The molecule has 8 nitrogen and oxygen atoms in total. The van der Waals surface area contributed by atoms with Gasteiger partial charge in [0.25, 0.3) is 17.5 Å². The van der Waals surface area contributed by atoms with Gasteiger partial charge in [-0.25, -0.2) is 0 Å². The Morgan fingerprint density at radius 3 is 1.94 bits per heavy atom. The van der Waals surface area contributed by atoms with Gasteiger partial charge in [0.1, 0.15) is 0 Å². The van der Waals surface area contributed by atoms with Crippen molar-refractivity contribution in [3.8, 4) is 6.07 Å². The number of carbonyl (C=O) groups excluding carboxylic acids is 2. The molecule has 8 heteroatoms. The molecule has 3 atom stereocenters. The lowest BCUT2D eigenvalue weighted by Crippen LogP contribution is -2.38. The minimum Gasteiger partial charge on any atom is -0.267 e. The second-order valence-electron chi connectivity index (χ2n) is 7.31. The van der Waals surface area contributed by atoms with E-state index in [9.17, 15) is 25.0 Å². The van der Waals surface area contributed by atoms with Crippen LogP contribution in [0.5, 0.6) is 0 Å². The number of nitriles is 1. The van der Waals surface area contributed by atoms with Crippen molar-refractivity contribution in [2.45, 2.75) is 11.6 Å². The van der Waals surface area contributed by atoms with Gasteiger partial charge in [-0.15, -0.1) is 0 Å². The van der Waals surface area contributed by atoms with Crippen molar-refractivity contribution in [1.29, 1.82) is 5.26 Å². The van der Waals surface area contributed by atoms with Crippen LogP contribution in [0.25, 0.3) is 0 Å². The molecule has 31 heavy (non-hydrogen) atoms. The zero-order chi connectivity index (χ0) is 21.8. The number of carbonyl (C=O) groups is 2. The van der Waals surface area contributed by atoms with E-state index >= 15 is 0 Å². The van der Waals surface area contributed by atoms with Gasteiger partial charge < -0.3 is 0 Å². The number of non-ortho nitro benzene ring substituents is 1. The van der Waals surface area contributed by atoms with Crippen LogP contribution in [0.2, 0.25) is 0 Å². The van der Waals surface area contributed by atoms with Gasteiger partial charge in [0.05, 0.1) is 28.2 Å². The SMILES string of the molecule is N#C[C@]1(c2ccccc2)[C@H](c2ccc([N+](=O)[O-])cc2)N1N1C(=O)c2ccccc2C1=O. The van der Waals surface area contributed by atoms with Gasteiger partial charge in [-0.3, -0.25) is 19.7 Å². The molecule has 3 aromatic rings. The van der Waals surface area contributed by atoms with Crippen LogP contribution >= 0.6 is 0 Å². The summed E-state index contributed by atoms with van der Waals surface area (Å²) in [6, 6.07) is 22.8. The van der Waals surface area contributed by atoms with Crippen molar-refractivity contribution < 1.29 is 14.5 Å². The number of nitro groups is 1. The molecule has 150 valence electrons. The highest BCUT2D eigenvalue weighted by Crippen LogP contribution is 2.61. The van der Waals surface area contributed by atoms with Gasteiger partial charge in [-0.05, 0) is 23.3 Å². The molecular weight excluding hydrogens is 396 g/mol. The number of amides is 2. The molecule has 2 aliphatic heterocycles. The highest BCUT2D eigenvalue weighted by molar-refractivity contribution is 6.21. The van der Waals surface area contributed by atoms with Crippen LogP contribution < -0.4 is 0 Å². The summed E-state index contributed by atoms with van der Waals surface area (Å²) in [5.74, 6) is -0.999. The van der Waals surface area contributed by atoms with Crippen molar-refractivity contribution in [3.05, 3.63) is 111 Å². The second kappa shape index (κ2) is 6.58. The number of fused-ring (bicyclic) bond motifs is 1. The third-order valence-electron chi connectivity index (χ3n) is 5.73. The minimum atomic E-state index is -1.30.